The van der Waals surface area contributed by atoms with Crippen LogP contribution in [0.3, 0.4) is 0 Å². The zero-order chi connectivity index (χ0) is 34.4. The van der Waals surface area contributed by atoms with Crippen molar-refractivity contribution in [3.8, 4) is 0 Å². The first-order chi connectivity index (χ1) is 24.3. The minimum absolute atomic E-state index is 0.134. The minimum Gasteiger partial charge on any atom is -0.371 e. The van der Waals surface area contributed by atoms with Crippen LogP contribution in [0.25, 0.3) is 10.9 Å². The van der Waals surface area contributed by atoms with E-state index in [9.17, 15) is 19.2 Å². The summed E-state index contributed by atoms with van der Waals surface area (Å²) < 4.78 is 0. The number of likely N-dealkylation sites (tertiary alicyclic amines) is 1. The first-order valence-electron chi connectivity index (χ1n) is 17.9. The van der Waals surface area contributed by atoms with E-state index in [0.717, 1.165) is 73.9 Å². The SMILES string of the molecule is CN1CCC[C@@H]1c1cc2cnc(NC(=O)c3ccc(CCC4CCN(c5cccc6c5CN(C5CCC(=O)NC5=O)C6=O)CC4)cc3)cc2[nH]1. The summed E-state index contributed by atoms with van der Waals surface area (Å²) in [5.41, 5.74) is 6.70. The zero-order valence-electron chi connectivity index (χ0n) is 28.4. The number of piperidine rings is 2. The predicted octanol–water partition coefficient (Wildman–Crippen LogP) is 5.19. The highest BCUT2D eigenvalue weighted by atomic mass is 16.2. The fraction of sp³-hybridized carbons (Fsp3) is 0.410. The lowest BCUT2D eigenvalue weighted by Gasteiger charge is -2.35. The summed E-state index contributed by atoms with van der Waals surface area (Å²) in [6, 6.07) is 17.6. The maximum atomic E-state index is 13.3. The number of anilines is 2. The Morgan fingerprint density at radius 1 is 0.960 bits per heavy atom. The number of aromatic nitrogens is 2. The number of pyridine rings is 1. The van der Waals surface area contributed by atoms with Crippen LogP contribution < -0.4 is 15.5 Å². The van der Waals surface area contributed by atoms with Gasteiger partial charge in [-0.3, -0.25) is 29.4 Å². The van der Waals surface area contributed by atoms with Gasteiger partial charge in [0.2, 0.25) is 11.8 Å². The molecule has 0 saturated carbocycles. The molecule has 11 nitrogen and oxygen atoms in total. The maximum absolute atomic E-state index is 13.3. The largest absolute Gasteiger partial charge is 0.371 e. The van der Waals surface area contributed by atoms with E-state index in [2.05, 4.69) is 61.7 Å². The van der Waals surface area contributed by atoms with E-state index >= 15 is 0 Å². The number of aryl methyl sites for hydroxylation is 1. The second-order valence-corrected chi connectivity index (χ2v) is 14.3. The normalized spacial score (nSPS) is 21.6. The van der Waals surface area contributed by atoms with Crippen LogP contribution in [0.15, 0.2) is 60.8 Å². The Morgan fingerprint density at radius 3 is 2.54 bits per heavy atom. The van der Waals surface area contributed by atoms with Crippen molar-refractivity contribution in [2.45, 2.75) is 70.0 Å². The summed E-state index contributed by atoms with van der Waals surface area (Å²) in [5, 5.41) is 6.40. The molecule has 50 heavy (non-hydrogen) atoms. The Labute approximate surface area is 291 Å². The quantitative estimate of drug-likeness (QED) is 0.220. The first-order valence-corrected chi connectivity index (χ1v) is 17.9. The molecule has 1 unspecified atom stereocenters. The van der Waals surface area contributed by atoms with Gasteiger partial charge in [-0.25, -0.2) is 4.98 Å². The molecule has 0 spiro atoms. The van der Waals surface area contributed by atoms with Gasteiger partial charge in [0.25, 0.3) is 11.8 Å². The van der Waals surface area contributed by atoms with Gasteiger partial charge in [0, 0.05) is 77.8 Å². The molecule has 2 atom stereocenters. The van der Waals surface area contributed by atoms with Gasteiger partial charge in [-0.15, -0.1) is 0 Å². The summed E-state index contributed by atoms with van der Waals surface area (Å²) >= 11 is 0. The number of nitrogens with zero attached hydrogens (tertiary/aromatic N) is 4. The highest BCUT2D eigenvalue weighted by Gasteiger charge is 2.40. The molecule has 4 aliphatic rings. The van der Waals surface area contributed by atoms with E-state index in [1.807, 2.05) is 36.5 Å². The van der Waals surface area contributed by atoms with Gasteiger partial charge in [0.1, 0.15) is 11.9 Å². The molecule has 6 heterocycles. The number of amides is 4. The van der Waals surface area contributed by atoms with Crippen molar-refractivity contribution in [3.63, 3.8) is 0 Å². The molecule has 4 aromatic rings. The van der Waals surface area contributed by atoms with Crippen molar-refractivity contribution in [2.75, 3.05) is 36.9 Å². The third kappa shape index (κ3) is 6.26. The molecule has 11 heteroatoms. The Hall–Kier alpha value is -5.03. The molecule has 3 N–H and O–H groups in total. The van der Waals surface area contributed by atoms with E-state index in [4.69, 9.17) is 0 Å². The van der Waals surface area contributed by atoms with Gasteiger partial charge < -0.3 is 20.1 Å². The lowest BCUT2D eigenvalue weighted by molar-refractivity contribution is -0.136. The van der Waals surface area contributed by atoms with E-state index in [-0.39, 0.29) is 30.0 Å². The molecule has 4 aliphatic heterocycles. The number of hydrogen-bond acceptors (Lipinski definition) is 7. The van der Waals surface area contributed by atoms with Crippen LogP contribution in [0.5, 0.6) is 0 Å². The lowest BCUT2D eigenvalue weighted by Crippen LogP contribution is -2.52. The highest BCUT2D eigenvalue weighted by Crippen LogP contribution is 2.36. The van der Waals surface area contributed by atoms with Crippen LogP contribution in [0.2, 0.25) is 0 Å². The number of carbonyl (C=O) groups is 4. The van der Waals surface area contributed by atoms with E-state index in [1.54, 1.807) is 4.90 Å². The Balaban J connectivity index is 0.829. The fourth-order valence-corrected chi connectivity index (χ4v) is 8.31. The van der Waals surface area contributed by atoms with E-state index in [1.165, 1.54) is 17.7 Å². The second kappa shape index (κ2) is 13.4. The molecule has 4 amide bonds. The topological polar surface area (TPSA) is 131 Å². The average Bonchev–Trinajstić information content (AvgIpc) is 3.84. The number of H-pyrrole nitrogens is 1. The van der Waals surface area contributed by atoms with Crippen molar-refractivity contribution in [2.24, 2.45) is 5.92 Å². The minimum atomic E-state index is -0.608. The molecule has 2 aromatic carbocycles. The average molecular weight is 674 g/mol. The molecular weight excluding hydrogens is 630 g/mol. The van der Waals surface area contributed by atoms with Gasteiger partial charge in [-0.1, -0.05) is 18.2 Å². The lowest BCUT2D eigenvalue weighted by atomic mass is 9.90. The predicted molar refractivity (Wildman–Crippen MR) is 191 cm³/mol. The summed E-state index contributed by atoms with van der Waals surface area (Å²) in [7, 11) is 2.16. The van der Waals surface area contributed by atoms with Crippen molar-refractivity contribution in [1.29, 1.82) is 0 Å². The monoisotopic (exact) mass is 673 g/mol. The Bertz CT molecular complexity index is 1960. The van der Waals surface area contributed by atoms with Crippen LogP contribution in [-0.2, 0) is 22.6 Å². The third-order valence-corrected chi connectivity index (χ3v) is 11.2. The van der Waals surface area contributed by atoms with Crippen molar-refractivity contribution in [3.05, 3.63) is 88.7 Å². The van der Waals surface area contributed by atoms with Gasteiger partial charge in [0.05, 0.1) is 5.52 Å². The van der Waals surface area contributed by atoms with Crippen molar-refractivity contribution < 1.29 is 19.2 Å². The molecule has 0 aliphatic carbocycles. The number of hydrogen-bond donors (Lipinski definition) is 3. The molecule has 3 saturated heterocycles. The van der Waals surface area contributed by atoms with E-state index in [0.29, 0.717) is 41.9 Å². The van der Waals surface area contributed by atoms with E-state index < -0.39 is 6.04 Å². The number of imide groups is 1. The number of carbonyl (C=O) groups excluding carboxylic acids is 4. The highest BCUT2D eigenvalue weighted by molar-refractivity contribution is 6.06. The summed E-state index contributed by atoms with van der Waals surface area (Å²) in [4.78, 5) is 64.9. The molecule has 0 radical (unpaired) electrons. The standard InChI is InChI=1S/C39H43N7O4/c1-44-17-3-6-33(44)31-20-27-22-40-35(21-30(27)41-31)42-37(48)26-11-9-24(10-12-26)7-8-25-15-18-45(19-16-25)32-5-2-4-28-29(32)23-46(39(28)50)34-13-14-36(47)43-38(34)49/h2,4-5,9-12,20-22,25,33-34,41H,3,6-8,13-19,23H2,1H3,(H,40,42,48)(H,43,47,49)/t33-,34?/m1/s1. The maximum Gasteiger partial charge on any atom is 0.256 e. The van der Waals surface area contributed by atoms with Gasteiger partial charge in [-0.05, 0) is 100 Å². The van der Waals surface area contributed by atoms with Crippen molar-refractivity contribution >= 4 is 46.0 Å². The summed E-state index contributed by atoms with van der Waals surface area (Å²) in [6.07, 6.45) is 8.93. The molecule has 3 fully saturated rings. The van der Waals surface area contributed by atoms with Crippen LogP contribution in [0.1, 0.15) is 88.5 Å². The van der Waals surface area contributed by atoms with Crippen LogP contribution in [0, 0.1) is 5.92 Å². The number of nitrogens with one attached hydrogen (secondary N) is 3. The smallest absolute Gasteiger partial charge is 0.256 e. The molecule has 0 bridgehead atoms. The summed E-state index contributed by atoms with van der Waals surface area (Å²) in [5.74, 6) is 0.157. The molecular formula is C39H43N7O4. The third-order valence-electron chi connectivity index (χ3n) is 11.2. The Kier molecular flexibility index (Phi) is 8.60. The van der Waals surface area contributed by atoms with Gasteiger partial charge in [0.15, 0.2) is 0 Å². The molecule has 2 aromatic heterocycles. The van der Waals surface area contributed by atoms with Crippen molar-refractivity contribution in [1.82, 2.24) is 25.1 Å². The fourth-order valence-electron chi connectivity index (χ4n) is 8.31. The summed E-state index contributed by atoms with van der Waals surface area (Å²) in [6.45, 7) is 3.32. The number of benzene rings is 2. The molecule has 258 valence electrons. The van der Waals surface area contributed by atoms with Gasteiger partial charge in [-0.2, -0.15) is 0 Å². The first kappa shape index (κ1) is 32.2. The van der Waals surface area contributed by atoms with Crippen LogP contribution in [-0.4, -0.2) is 76.1 Å². The number of rotatable bonds is 8. The zero-order valence-corrected chi connectivity index (χ0v) is 28.4. The van der Waals surface area contributed by atoms with Crippen LogP contribution >= 0.6 is 0 Å². The molecule has 8 rings (SSSR count). The number of fused-ring (bicyclic) bond motifs is 2. The Morgan fingerprint density at radius 2 is 1.78 bits per heavy atom. The van der Waals surface area contributed by atoms with Gasteiger partial charge >= 0.3 is 0 Å². The second-order valence-electron chi connectivity index (χ2n) is 14.3. The van der Waals surface area contributed by atoms with Crippen LogP contribution in [0.4, 0.5) is 11.5 Å². The number of aromatic amines is 1.